The van der Waals surface area contributed by atoms with Gasteiger partial charge >= 0.3 is 5.97 Å². The number of halogens is 2. The minimum Gasteiger partial charge on any atom is -0.493 e. The Bertz CT molecular complexity index is 1480. The van der Waals surface area contributed by atoms with Crippen LogP contribution in [0.3, 0.4) is 0 Å². The van der Waals surface area contributed by atoms with Crippen molar-refractivity contribution in [2.45, 2.75) is 0 Å². The molecule has 0 atom stereocenters. The highest BCUT2D eigenvalue weighted by Gasteiger charge is 2.13. The van der Waals surface area contributed by atoms with Crippen molar-refractivity contribution in [1.82, 2.24) is 10.4 Å². The fourth-order valence-corrected chi connectivity index (χ4v) is 4.67. The minimum atomic E-state index is -1.11. The molecule has 0 unspecified atom stereocenters. The van der Waals surface area contributed by atoms with Gasteiger partial charge in [0.15, 0.2) is 23.2 Å². The fraction of sp³-hybridized carbons (Fsp3) is 0.0769. The molecule has 4 rings (SSSR count). The fourth-order valence-electron chi connectivity index (χ4n) is 3.23. The smallest absolute Gasteiger partial charge is 0.341 e. The van der Waals surface area contributed by atoms with Gasteiger partial charge in [-0.2, -0.15) is 5.10 Å². The van der Waals surface area contributed by atoms with Gasteiger partial charge in [-0.05, 0) is 70.0 Å². The maximum absolute atomic E-state index is 12.5. The molecule has 0 aliphatic rings. The third-order valence-electron chi connectivity index (χ3n) is 5.01. The highest BCUT2D eigenvalue weighted by Crippen LogP contribution is 2.36. The van der Waals surface area contributed by atoms with Crippen LogP contribution in [-0.4, -0.2) is 41.9 Å². The van der Waals surface area contributed by atoms with Gasteiger partial charge in [0.2, 0.25) is 0 Å². The normalized spacial score (nSPS) is 10.8. The molecule has 1 aromatic heterocycles. The largest absolute Gasteiger partial charge is 0.493 e. The molecule has 0 spiro atoms. The summed E-state index contributed by atoms with van der Waals surface area (Å²) in [5.41, 5.74) is 6.05. The molecule has 12 heteroatoms. The molecule has 0 radical (unpaired) electrons. The third kappa shape index (κ3) is 7.09. The Morgan fingerprint density at radius 2 is 1.89 bits per heavy atom. The molecule has 0 fully saturated rings. The Morgan fingerprint density at radius 3 is 2.58 bits per heavy atom. The quantitative estimate of drug-likeness (QED) is 0.143. The summed E-state index contributed by atoms with van der Waals surface area (Å²) in [5.74, 6) is -0.923. The third-order valence-corrected chi connectivity index (χ3v) is 6.61. The molecule has 0 saturated heterocycles. The number of carboxylic acids is 1. The van der Waals surface area contributed by atoms with E-state index >= 15 is 0 Å². The average Bonchev–Trinajstić information content (AvgIpc) is 3.37. The van der Waals surface area contributed by atoms with E-state index in [4.69, 9.17) is 26.2 Å². The Balaban J connectivity index is 1.37. The number of nitrogens with one attached hydrogen (secondary N) is 2. The topological polar surface area (TPSA) is 122 Å². The first-order valence-corrected chi connectivity index (χ1v) is 13.0. The molecule has 0 bridgehead atoms. The number of carboxylic acid groups (broad SMARTS) is 1. The molecule has 0 saturated carbocycles. The van der Waals surface area contributed by atoms with Gasteiger partial charge in [-0.1, -0.05) is 23.7 Å². The van der Waals surface area contributed by atoms with Crippen LogP contribution in [0.25, 0.3) is 11.3 Å². The first kappa shape index (κ1) is 27.1. The van der Waals surface area contributed by atoms with Crippen molar-refractivity contribution in [1.29, 1.82) is 0 Å². The molecule has 3 aromatic carbocycles. The van der Waals surface area contributed by atoms with Gasteiger partial charge in [0.25, 0.3) is 5.91 Å². The zero-order valence-electron chi connectivity index (χ0n) is 19.8. The van der Waals surface area contributed by atoms with E-state index in [1.165, 1.54) is 24.7 Å². The van der Waals surface area contributed by atoms with E-state index in [9.17, 15) is 9.59 Å². The predicted molar refractivity (Wildman–Crippen MR) is 151 cm³/mol. The second-order valence-corrected chi connectivity index (χ2v) is 9.81. The Kier molecular flexibility index (Phi) is 8.95. The molecule has 1 heterocycles. The number of hydrogen-bond donors (Lipinski definition) is 3. The van der Waals surface area contributed by atoms with Crippen molar-refractivity contribution in [2.24, 2.45) is 5.10 Å². The number of amides is 1. The van der Waals surface area contributed by atoms with Crippen LogP contribution in [0.5, 0.6) is 11.5 Å². The highest BCUT2D eigenvalue weighted by atomic mass is 79.9. The predicted octanol–water partition coefficient (Wildman–Crippen LogP) is 6.21. The molecule has 4 aromatic rings. The molecule has 0 aliphatic carbocycles. The molecule has 0 aliphatic heterocycles. The van der Waals surface area contributed by atoms with Crippen LogP contribution in [0.2, 0.25) is 5.02 Å². The lowest BCUT2D eigenvalue weighted by Crippen LogP contribution is -2.17. The van der Waals surface area contributed by atoms with Crippen molar-refractivity contribution < 1.29 is 24.2 Å². The first-order chi connectivity index (χ1) is 18.3. The number of anilines is 2. The van der Waals surface area contributed by atoms with Crippen molar-refractivity contribution in [2.75, 3.05) is 19.0 Å². The molecule has 38 heavy (non-hydrogen) atoms. The van der Waals surface area contributed by atoms with E-state index in [-0.39, 0.29) is 11.7 Å². The molecule has 3 N–H and O–H groups in total. The Hall–Kier alpha value is -3.93. The summed E-state index contributed by atoms with van der Waals surface area (Å²) in [6, 6.07) is 17.6. The van der Waals surface area contributed by atoms with Crippen LogP contribution < -0.4 is 20.2 Å². The monoisotopic (exact) mass is 614 g/mol. The van der Waals surface area contributed by atoms with E-state index in [0.717, 1.165) is 22.1 Å². The number of carbonyl (C=O) groups is 2. The average molecular weight is 616 g/mol. The number of benzene rings is 3. The second-order valence-electron chi connectivity index (χ2n) is 7.66. The lowest BCUT2D eigenvalue weighted by molar-refractivity contribution is -0.139. The Morgan fingerprint density at radius 1 is 1.16 bits per heavy atom. The summed E-state index contributed by atoms with van der Waals surface area (Å²) >= 11 is 10.7. The zero-order chi connectivity index (χ0) is 27.1. The Labute approximate surface area is 235 Å². The summed E-state index contributed by atoms with van der Waals surface area (Å²) in [5, 5.41) is 19.4. The van der Waals surface area contributed by atoms with Crippen molar-refractivity contribution >= 4 is 67.8 Å². The first-order valence-electron chi connectivity index (χ1n) is 11.0. The summed E-state index contributed by atoms with van der Waals surface area (Å²) in [6.45, 7) is -0.513. The number of hydrazone groups is 1. The summed E-state index contributed by atoms with van der Waals surface area (Å²) in [6.07, 6.45) is 1.44. The number of aromatic nitrogens is 1. The van der Waals surface area contributed by atoms with Crippen LogP contribution in [-0.2, 0) is 4.79 Å². The van der Waals surface area contributed by atoms with E-state index in [0.29, 0.717) is 26.4 Å². The van der Waals surface area contributed by atoms with Gasteiger partial charge < -0.3 is 19.9 Å². The van der Waals surface area contributed by atoms with Crippen LogP contribution in [0.15, 0.2) is 75.6 Å². The second kappa shape index (κ2) is 12.5. The summed E-state index contributed by atoms with van der Waals surface area (Å²) in [7, 11) is 1.43. The number of carbonyl (C=O) groups excluding carboxylic acids is 1. The summed E-state index contributed by atoms with van der Waals surface area (Å²) < 4.78 is 11.0. The van der Waals surface area contributed by atoms with Crippen LogP contribution >= 0.6 is 38.9 Å². The van der Waals surface area contributed by atoms with Crippen LogP contribution in [0, 0.1) is 0 Å². The van der Waals surface area contributed by atoms with Gasteiger partial charge in [0.1, 0.15) is 0 Å². The summed E-state index contributed by atoms with van der Waals surface area (Å²) in [4.78, 5) is 27.9. The lowest BCUT2D eigenvalue weighted by Gasteiger charge is -2.12. The van der Waals surface area contributed by atoms with Gasteiger partial charge in [-0.15, -0.1) is 11.3 Å². The number of hydrogen-bond acceptors (Lipinski definition) is 8. The highest BCUT2D eigenvalue weighted by molar-refractivity contribution is 9.10. The molecular weight excluding hydrogens is 596 g/mol. The van der Waals surface area contributed by atoms with Gasteiger partial charge in [0.05, 0.1) is 23.5 Å². The van der Waals surface area contributed by atoms with Crippen LogP contribution in [0.4, 0.5) is 10.8 Å². The number of methoxy groups -OCH3 is 1. The maximum atomic E-state index is 12.5. The maximum Gasteiger partial charge on any atom is 0.341 e. The van der Waals surface area contributed by atoms with Crippen molar-refractivity contribution in [3.05, 3.63) is 86.7 Å². The lowest BCUT2D eigenvalue weighted by atomic mass is 10.1. The number of nitrogens with zero attached hydrogens (tertiary/aromatic N) is 2. The number of thiazole rings is 1. The minimum absolute atomic E-state index is 0.254. The van der Waals surface area contributed by atoms with Crippen molar-refractivity contribution in [3.8, 4) is 22.8 Å². The molecule has 1 amide bonds. The van der Waals surface area contributed by atoms with Gasteiger partial charge in [0, 0.05) is 27.2 Å². The van der Waals surface area contributed by atoms with E-state index in [1.54, 1.807) is 36.4 Å². The molecule has 9 nitrogen and oxygen atoms in total. The molecule has 194 valence electrons. The van der Waals surface area contributed by atoms with E-state index in [2.05, 4.69) is 36.8 Å². The number of rotatable bonds is 10. The molecular formula is C26H20BrClN4O5S. The number of ether oxygens (including phenoxy) is 2. The van der Waals surface area contributed by atoms with Crippen LogP contribution in [0.1, 0.15) is 15.9 Å². The zero-order valence-corrected chi connectivity index (χ0v) is 22.9. The van der Waals surface area contributed by atoms with Crippen molar-refractivity contribution in [3.63, 3.8) is 0 Å². The number of aliphatic carboxylic acids is 1. The van der Waals surface area contributed by atoms with E-state index in [1.807, 2.05) is 29.6 Å². The SMILES string of the molecule is COc1cc(/C=N\NC(=O)c2ccc(-c3csc(Nc4ccc(Cl)cc4)n3)cc2)cc(Br)c1OCC(=O)O. The standard InChI is InChI=1S/C26H20BrClN4O5S/c1-36-22-11-15(10-20(27)24(22)37-13-23(33)34)12-29-32-25(35)17-4-2-16(3-5-17)21-14-38-26(31-21)30-19-8-6-18(28)7-9-19/h2-12,14H,13H2,1H3,(H,30,31)(H,32,35)(H,33,34)/b29-12-. The van der Waals surface area contributed by atoms with Gasteiger partial charge in [-0.25, -0.2) is 15.2 Å². The van der Waals surface area contributed by atoms with E-state index < -0.39 is 12.6 Å². The van der Waals surface area contributed by atoms with Gasteiger partial charge in [-0.3, -0.25) is 4.79 Å².